The molecule has 18 heavy (non-hydrogen) atoms. The summed E-state index contributed by atoms with van der Waals surface area (Å²) in [5, 5.41) is 10.0. The van der Waals surface area contributed by atoms with E-state index in [1.807, 2.05) is 0 Å². The molecule has 2 rings (SSSR count). The van der Waals surface area contributed by atoms with Crippen LogP contribution in [0.15, 0.2) is 24.3 Å². The largest absolute Gasteiger partial charge is 0.388 e. The summed E-state index contributed by atoms with van der Waals surface area (Å²) >= 11 is 0. The van der Waals surface area contributed by atoms with Gasteiger partial charge in [0.15, 0.2) is 0 Å². The normalized spacial score (nSPS) is 19.9. The first-order chi connectivity index (χ1) is 8.66. The molecular weight excluding hydrogens is 231 g/mol. The van der Waals surface area contributed by atoms with E-state index in [0.29, 0.717) is 12.0 Å². The molecule has 0 aromatic heterocycles. The average Bonchev–Trinajstić information content (AvgIpc) is 2.38. The van der Waals surface area contributed by atoms with Gasteiger partial charge in [0.2, 0.25) is 0 Å². The number of halogens is 1. The lowest BCUT2D eigenvalue weighted by atomic mass is 10.1. The van der Waals surface area contributed by atoms with Crippen molar-refractivity contribution in [3.8, 4) is 0 Å². The molecule has 0 saturated carbocycles. The van der Waals surface area contributed by atoms with E-state index in [0.717, 1.165) is 32.7 Å². The standard InChI is InChI=1S/C14H21FN2O/c1-16-8-10-17(11-9-16)7-6-14(18)12-4-2-3-5-13(12)15/h2-5,14,18H,6-11H2,1H3. The third-order valence-corrected chi connectivity index (χ3v) is 3.58. The molecule has 1 aromatic carbocycles. The van der Waals surface area contributed by atoms with Gasteiger partial charge in [-0.2, -0.15) is 0 Å². The Bertz CT molecular complexity index is 378. The molecule has 1 aliphatic heterocycles. The highest BCUT2D eigenvalue weighted by atomic mass is 19.1. The Balaban J connectivity index is 1.81. The van der Waals surface area contributed by atoms with Crippen molar-refractivity contribution >= 4 is 0 Å². The zero-order valence-corrected chi connectivity index (χ0v) is 10.8. The Morgan fingerprint density at radius 2 is 1.89 bits per heavy atom. The number of hydrogen-bond acceptors (Lipinski definition) is 3. The molecule has 1 N–H and O–H groups in total. The van der Waals surface area contributed by atoms with Crippen molar-refractivity contribution < 1.29 is 9.50 Å². The van der Waals surface area contributed by atoms with E-state index in [1.165, 1.54) is 6.07 Å². The second kappa shape index (κ2) is 6.27. The molecule has 1 heterocycles. The van der Waals surface area contributed by atoms with Gasteiger partial charge in [-0.15, -0.1) is 0 Å². The zero-order valence-electron chi connectivity index (χ0n) is 10.8. The molecule has 4 heteroatoms. The van der Waals surface area contributed by atoms with Crippen LogP contribution in [0, 0.1) is 5.82 Å². The Labute approximate surface area is 108 Å². The molecule has 1 unspecified atom stereocenters. The van der Waals surface area contributed by atoms with Crippen LogP contribution in [0.2, 0.25) is 0 Å². The minimum atomic E-state index is -0.703. The van der Waals surface area contributed by atoms with Gasteiger partial charge in [0.05, 0.1) is 6.10 Å². The van der Waals surface area contributed by atoms with E-state index in [2.05, 4.69) is 16.8 Å². The number of aliphatic hydroxyl groups excluding tert-OH is 1. The lowest BCUT2D eigenvalue weighted by molar-refractivity contribution is 0.111. The van der Waals surface area contributed by atoms with Crippen LogP contribution in [0.5, 0.6) is 0 Å². The van der Waals surface area contributed by atoms with E-state index < -0.39 is 6.10 Å². The highest BCUT2D eigenvalue weighted by molar-refractivity contribution is 5.19. The Morgan fingerprint density at radius 1 is 1.22 bits per heavy atom. The van der Waals surface area contributed by atoms with Crippen LogP contribution in [-0.2, 0) is 0 Å². The minimum Gasteiger partial charge on any atom is -0.388 e. The molecule has 1 aliphatic rings. The Morgan fingerprint density at radius 3 is 2.56 bits per heavy atom. The van der Waals surface area contributed by atoms with Crippen molar-refractivity contribution in [1.29, 1.82) is 0 Å². The highest BCUT2D eigenvalue weighted by Gasteiger charge is 2.17. The van der Waals surface area contributed by atoms with Gasteiger partial charge in [0.25, 0.3) is 0 Å². The smallest absolute Gasteiger partial charge is 0.128 e. The molecule has 1 fully saturated rings. The van der Waals surface area contributed by atoms with Crippen LogP contribution in [0.3, 0.4) is 0 Å². The molecular formula is C14H21FN2O. The minimum absolute atomic E-state index is 0.316. The van der Waals surface area contributed by atoms with Crippen LogP contribution < -0.4 is 0 Å². The first-order valence-corrected chi connectivity index (χ1v) is 6.50. The van der Waals surface area contributed by atoms with Crippen molar-refractivity contribution in [2.75, 3.05) is 39.8 Å². The molecule has 3 nitrogen and oxygen atoms in total. The first kappa shape index (κ1) is 13.5. The molecule has 0 aliphatic carbocycles. The second-order valence-electron chi connectivity index (χ2n) is 4.97. The molecule has 0 radical (unpaired) electrons. The lowest BCUT2D eigenvalue weighted by Gasteiger charge is -2.32. The maximum atomic E-state index is 13.5. The summed E-state index contributed by atoms with van der Waals surface area (Å²) in [5.74, 6) is -0.316. The van der Waals surface area contributed by atoms with Crippen LogP contribution in [-0.4, -0.2) is 54.7 Å². The van der Waals surface area contributed by atoms with Gasteiger partial charge >= 0.3 is 0 Å². The predicted octanol–water partition coefficient (Wildman–Crippen LogP) is 1.50. The number of benzene rings is 1. The van der Waals surface area contributed by atoms with Crippen molar-refractivity contribution in [3.63, 3.8) is 0 Å². The van der Waals surface area contributed by atoms with E-state index in [4.69, 9.17) is 0 Å². The predicted molar refractivity (Wildman–Crippen MR) is 69.9 cm³/mol. The molecule has 1 aromatic rings. The topological polar surface area (TPSA) is 26.7 Å². The number of piperazine rings is 1. The zero-order chi connectivity index (χ0) is 13.0. The van der Waals surface area contributed by atoms with Crippen molar-refractivity contribution in [3.05, 3.63) is 35.6 Å². The van der Waals surface area contributed by atoms with E-state index in [-0.39, 0.29) is 5.82 Å². The summed E-state index contributed by atoms with van der Waals surface area (Å²) in [5.41, 5.74) is 0.409. The van der Waals surface area contributed by atoms with E-state index in [9.17, 15) is 9.50 Å². The van der Waals surface area contributed by atoms with Gasteiger partial charge in [-0.3, -0.25) is 0 Å². The second-order valence-corrected chi connectivity index (χ2v) is 4.97. The van der Waals surface area contributed by atoms with Gasteiger partial charge in [0, 0.05) is 38.3 Å². The summed E-state index contributed by atoms with van der Waals surface area (Å²) in [6, 6.07) is 6.46. The molecule has 0 amide bonds. The molecule has 1 saturated heterocycles. The fourth-order valence-electron chi connectivity index (χ4n) is 2.28. The van der Waals surface area contributed by atoms with Gasteiger partial charge in [-0.25, -0.2) is 4.39 Å². The molecule has 0 spiro atoms. The van der Waals surface area contributed by atoms with Crippen LogP contribution in [0.4, 0.5) is 4.39 Å². The van der Waals surface area contributed by atoms with Crippen LogP contribution in [0.25, 0.3) is 0 Å². The Kier molecular flexibility index (Phi) is 4.69. The molecule has 100 valence electrons. The van der Waals surface area contributed by atoms with Gasteiger partial charge < -0.3 is 14.9 Å². The first-order valence-electron chi connectivity index (χ1n) is 6.50. The highest BCUT2D eigenvalue weighted by Crippen LogP contribution is 2.20. The molecule has 0 bridgehead atoms. The van der Waals surface area contributed by atoms with Crippen LogP contribution >= 0.6 is 0 Å². The quantitative estimate of drug-likeness (QED) is 0.879. The summed E-state index contributed by atoms with van der Waals surface area (Å²) in [7, 11) is 2.12. The maximum Gasteiger partial charge on any atom is 0.128 e. The van der Waals surface area contributed by atoms with Gasteiger partial charge in [0.1, 0.15) is 5.82 Å². The SMILES string of the molecule is CN1CCN(CCC(O)c2ccccc2F)CC1. The monoisotopic (exact) mass is 252 g/mol. The fourth-order valence-corrected chi connectivity index (χ4v) is 2.28. The third kappa shape index (κ3) is 3.51. The fraction of sp³-hybridized carbons (Fsp3) is 0.571. The van der Waals surface area contributed by atoms with Crippen molar-refractivity contribution in [1.82, 2.24) is 9.80 Å². The van der Waals surface area contributed by atoms with E-state index >= 15 is 0 Å². The summed E-state index contributed by atoms with van der Waals surface area (Å²) < 4.78 is 13.5. The van der Waals surface area contributed by atoms with Gasteiger partial charge in [-0.1, -0.05) is 18.2 Å². The number of hydrogen-bond donors (Lipinski definition) is 1. The number of nitrogens with zero attached hydrogens (tertiary/aromatic N) is 2. The third-order valence-electron chi connectivity index (χ3n) is 3.58. The summed E-state index contributed by atoms with van der Waals surface area (Å²) in [6.45, 7) is 5.01. The van der Waals surface area contributed by atoms with Gasteiger partial charge in [-0.05, 0) is 19.5 Å². The van der Waals surface area contributed by atoms with Crippen molar-refractivity contribution in [2.24, 2.45) is 0 Å². The van der Waals surface area contributed by atoms with Crippen molar-refractivity contribution in [2.45, 2.75) is 12.5 Å². The number of rotatable bonds is 4. The molecule has 1 atom stereocenters. The maximum absolute atomic E-state index is 13.5. The number of likely N-dealkylation sites (N-methyl/N-ethyl adjacent to an activating group) is 1. The van der Waals surface area contributed by atoms with E-state index in [1.54, 1.807) is 18.2 Å². The summed E-state index contributed by atoms with van der Waals surface area (Å²) in [4.78, 5) is 4.62. The lowest BCUT2D eigenvalue weighted by Crippen LogP contribution is -2.44. The Hall–Kier alpha value is -0.970. The summed E-state index contributed by atoms with van der Waals surface area (Å²) in [6.07, 6.45) is -0.115. The number of aliphatic hydroxyl groups is 1. The van der Waals surface area contributed by atoms with Crippen LogP contribution in [0.1, 0.15) is 18.1 Å². The average molecular weight is 252 g/mol.